The molecule has 1 saturated heterocycles. The first-order valence-electron chi connectivity index (χ1n) is 5.48. The first-order valence-corrected chi connectivity index (χ1v) is 5.48. The third kappa shape index (κ3) is 4.39. The maximum Gasteiger partial charge on any atom is 0.316 e. The van der Waals surface area contributed by atoms with Crippen molar-refractivity contribution in [1.29, 1.82) is 0 Å². The molecule has 2 amide bonds. The standard InChI is InChI=1S/C10H17N3O3/c1-2-3-6-16-7-4-5-11-10-12-8(14)9(15)13-10/h2-7H2,1H3,(H2,11,12,13,14,15). The number of guanidine groups is 1. The van der Waals surface area contributed by atoms with E-state index in [1.165, 1.54) is 0 Å². The lowest BCUT2D eigenvalue weighted by Crippen LogP contribution is -2.26. The molecule has 0 aromatic rings. The van der Waals surface area contributed by atoms with Crippen LogP contribution < -0.4 is 10.6 Å². The Balaban J connectivity index is 2.04. The van der Waals surface area contributed by atoms with Gasteiger partial charge in [0.05, 0.1) is 0 Å². The fourth-order valence-electron chi connectivity index (χ4n) is 1.14. The summed E-state index contributed by atoms with van der Waals surface area (Å²) >= 11 is 0. The van der Waals surface area contributed by atoms with Crippen molar-refractivity contribution in [2.75, 3.05) is 19.8 Å². The van der Waals surface area contributed by atoms with Gasteiger partial charge in [-0.2, -0.15) is 0 Å². The molecule has 0 bridgehead atoms. The molecule has 2 N–H and O–H groups in total. The molecule has 0 atom stereocenters. The number of unbranched alkanes of at least 4 members (excludes halogenated alkanes) is 1. The summed E-state index contributed by atoms with van der Waals surface area (Å²) in [5.41, 5.74) is 0. The third-order valence-corrected chi connectivity index (χ3v) is 2.03. The summed E-state index contributed by atoms with van der Waals surface area (Å²) in [6.07, 6.45) is 2.97. The summed E-state index contributed by atoms with van der Waals surface area (Å²) in [6.45, 7) is 4.07. The Bertz CT molecular complexity index is 271. The van der Waals surface area contributed by atoms with Gasteiger partial charge in [0.15, 0.2) is 0 Å². The van der Waals surface area contributed by atoms with Gasteiger partial charge in [0.1, 0.15) is 0 Å². The maximum atomic E-state index is 10.8. The van der Waals surface area contributed by atoms with Gasteiger partial charge in [-0.15, -0.1) is 0 Å². The van der Waals surface area contributed by atoms with Crippen molar-refractivity contribution >= 4 is 17.8 Å². The smallest absolute Gasteiger partial charge is 0.316 e. The number of carbonyl (C=O) groups excluding carboxylic acids is 2. The van der Waals surface area contributed by atoms with Crippen molar-refractivity contribution in [3.05, 3.63) is 0 Å². The molecule has 0 spiro atoms. The Labute approximate surface area is 94.4 Å². The van der Waals surface area contributed by atoms with Crippen LogP contribution in [0.5, 0.6) is 0 Å². The maximum absolute atomic E-state index is 10.8. The van der Waals surface area contributed by atoms with E-state index >= 15 is 0 Å². The molecule has 16 heavy (non-hydrogen) atoms. The number of carbonyl (C=O) groups is 2. The number of ether oxygens (including phenoxy) is 1. The second kappa shape index (κ2) is 6.95. The van der Waals surface area contributed by atoms with Crippen LogP contribution in [-0.4, -0.2) is 37.5 Å². The van der Waals surface area contributed by atoms with Crippen LogP contribution in [0.3, 0.4) is 0 Å². The van der Waals surface area contributed by atoms with Crippen LogP contribution in [0.1, 0.15) is 26.2 Å². The number of nitrogens with zero attached hydrogens (tertiary/aromatic N) is 1. The summed E-state index contributed by atoms with van der Waals surface area (Å²) in [4.78, 5) is 25.5. The van der Waals surface area contributed by atoms with Gasteiger partial charge in [0.25, 0.3) is 0 Å². The zero-order valence-corrected chi connectivity index (χ0v) is 9.41. The average molecular weight is 227 g/mol. The lowest BCUT2D eigenvalue weighted by Gasteiger charge is -2.01. The van der Waals surface area contributed by atoms with E-state index in [9.17, 15) is 9.59 Å². The topological polar surface area (TPSA) is 79.8 Å². The van der Waals surface area contributed by atoms with Gasteiger partial charge >= 0.3 is 11.8 Å². The van der Waals surface area contributed by atoms with Crippen LogP contribution in [0.25, 0.3) is 0 Å². The molecule has 1 aliphatic rings. The van der Waals surface area contributed by atoms with Crippen molar-refractivity contribution in [3.8, 4) is 0 Å². The lowest BCUT2D eigenvalue weighted by atomic mass is 10.4. The minimum atomic E-state index is -0.655. The molecule has 0 radical (unpaired) electrons. The average Bonchev–Trinajstić information content (AvgIpc) is 2.57. The quantitative estimate of drug-likeness (QED) is 0.466. The highest BCUT2D eigenvalue weighted by Gasteiger charge is 2.24. The van der Waals surface area contributed by atoms with Crippen LogP contribution >= 0.6 is 0 Å². The number of hydrogen-bond acceptors (Lipinski definition) is 4. The Morgan fingerprint density at radius 1 is 1.12 bits per heavy atom. The first-order chi connectivity index (χ1) is 7.74. The molecule has 0 aromatic carbocycles. The monoisotopic (exact) mass is 227 g/mol. The number of hydrogen-bond donors (Lipinski definition) is 2. The van der Waals surface area contributed by atoms with E-state index in [1.807, 2.05) is 0 Å². The molecular weight excluding hydrogens is 210 g/mol. The molecule has 0 saturated carbocycles. The molecule has 1 aliphatic heterocycles. The Morgan fingerprint density at radius 2 is 1.75 bits per heavy atom. The molecule has 0 aliphatic carbocycles. The highest BCUT2D eigenvalue weighted by Crippen LogP contribution is 1.91. The second-order valence-electron chi connectivity index (χ2n) is 3.46. The van der Waals surface area contributed by atoms with Crippen LogP contribution in [0.15, 0.2) is 4.99 Å². The zero-order valence-electron chi connectivity index (χ0n) is 9.41. The molecule has 0 aromatic heterocycles. The minimum absolute atomic E-state index is 0.239. The van der Waals surface area contributed by atoms with E-state index < -0.39 is 11.8 Å². The van der Waals surface area contributed by atoms with Gasteiger partial charge in [-0.3, -0.25) is 25.2 Å². The molecule has 90 valence electrons. The Morgan fingerprint density at radius 3 is 2.38 bits per heavy atom. The Kier molecular flexibility index (Phi) is 5.49. The van der Waals surface area contributed by atoms with Crippen molar-refractivity contribution in [1.82, 2.24) is 10.6 Å². The van der Waals surface area contributed by atoms with Crippen molar-refractivity contribution in [2.45, 2.75) is 26.2 Å². The van der Waals surface area contributed by atoms with E-state index in [0.29, 0.717) is 13.2 Å². The summed E-state index contributed by atoms with van der Waals surface area (Å²) < 4.78 is 5.34. The van der Waals surface area contributed by atoms with E-state index in [-0.39, 0.29) is 5.96 Å². The van der Waals surface area contributed by atoms with Crippen LogP contribution in [-0.2, 0) is 14.3 Å². The molecule has 1 heterocycles. The fourth-order valence-corrected chi connectivity index (χ4v) is 1.14. The predicted octanol–water partition coefficient (Wildman–Crippen LogP) is -0.205. The van der Waals surface area contributed by atoms with Crippen LogP contribution in [0.2, 0.25) is 0 Å². The largest absolute Gasteiger partial charge is 0.381 e. The highest BCUT2D eigenvalue weighted by atomic mass is 16.5. The SMILES string of the molecule is CCCCOCCCN=C1NC(=O)C(=O)N1. The summed E-state index contributed by atoms with van der Waals surface area (Å²) in [5.74, 6) is -1.07. The van der Waals surface area contributed by atoms with E-state index in [4.69, 9.17) is 4.74 Å². The number of amides is 2. The van der Waals surface area contributed by atoms with Gasteiger partial charge in [-0.05, 0) is 12.8 Å². The van der Waals surface area contributed by atoms with Crippen LogP contribution in [0.4, 0.5) is 0 Å². The normalized spacial score (nSPS) is 14.9. The number of nitrogens with one attached hydrogen (secondary N) is 2. The van der Waals surface area contributed by atoms with Gasteiger partial charge < -0.3 is 4.74 Å². The first kappa shape index (κ1) is 12.6. The van der Waals surface area contributed by atoms with E-state index in [1.54, 1.807) is 0 Å². The lowest BCUT2D eigenvalue weighted by molar-refractivity contribution is -0.135. The van der Waals surface area contributed by atoms with E-state index in [0.717, 1.165) is 25.9 Å². The third-order valence-electron chi connectivity index (χ3n) is 2.03. The molecule has 6 nitrogen and oxygen atoms in total. The predicted molar refractivity (Wildman–Crippen MR) is 58.9 cm³/mol. The summed E-state index contributed by atoms with van der Waals surface area (Å²) in [7, 11) is 0. The molecule has 1 fully saturated rings. The fraction of sp³-hybridized carbons (Fsp3) is 0.700. The second-order valence-corrected chi connectivity index (χ2v) is 3.46. The molecule has 1 rings (SSSR count). The summed E-state index contributed by atoms with van der Waals surface area (Å²) in [5, 5.41) is 4.65. The van der Waals surface area contributed by atoms with Gasteiger partial charge in [0, 0.05) is 19.8 Å². The van der Waals surface area contributed by atoms with Crippen molar-refractivity contribution in [3.63, 3.8) is 0 Å². The van der Waals surface area contributed by atoms with Crippen molar-refractivity contribution in [2.24, 2.45) is 4.99 Å². The Hall–Kier alpha value is -1.43. The number of aliphatic imine (C=N–C) groups is 1. The van der Waals surface area contributed by atoms with Gasteiger partial charge in [0.2, 0.25) is 5.96 Å². The van der Waals surface area contributed by atoms with Gasteiger partial charge in [-0.25, -0.2) is 0 Å². The molecule has 0 unspecified atom stereocenters. The highest BCUT2D eigenvalue weighted by molar-refractivity contribution is 6.45. The van der Waals surface area contributed by atoms with Crippen LogP contribution in [0, 0.1) is 0 Å². The molecule has 6 heteroatoms. The number of rotatable bonds is 7. The zero-order chi connectivity index (χ0) is 11.8. The van der Waals surface area contributed by atoms with Crippen molar-refractivity contribution < 1.29 is 14.3 Å². The van der Waals surface area contributed by atoms with E-state index in [2.05, 4.69) is 22.5 Å². The minimum Gasteiger partial charge on any atom is -0.381 e. The van der Waals surface area contributed by atoms with Gasteiger partial charge in [-0.1, -0.05) is 13.3 Å². The summed E-state index contributed by atoms with van der Waals surface area (Å²) in [6, 6.07) is 0. The molecular formula is C10H17N3O3.